The van der Waals surface area contributed by atoms with Crippen LogP contribution >= 0.6 is 11.6 Å². The Kier molecular flexibility index (Phi) is 4.37. The van der Waals surface area contributed by atoms with Crippen LogP contribution in [0.4, 0.5) is 11.4 Å². The van der Waals surface area contributed by atoms with Gasteiger partial charge in [0.1, 0.15) is 0 Å². The van der Waals surface area contributed by atoms with Crippen LogP contribution in [0.5, 0.6) is 5.88 Å². The van der Waals surface area contributed by atoms with Gasteiger partial charge in [-0.1, -0.05) is 11.6 Å². The van der Waals surface area contributed by atoms with Crippen LogP contribution in [0.1, 0.15) is 5.56 Å². The Morgan fingerprint density at radius 1 is 1.40 bits per heavy atom. The molecule has 6 nitrogen and oxygen atoms in total. The molecule has 0 saturated carbocycles. The minimum Gasteiger partial charge on any atom is -0.481 e. The van der Waals surface area contributed by atoms with E-state index in [2.05, 4.69) is 10.3 Å². The first kappa shape index (κ1) is 14.1. The number of nitrogens with one attached hydrogen (secondary N) is 1. The number of nitrogens with zero attached hydrogens (tertiary/aromatic N) is 2. The highest BCUT2D eigenvalue weighted by Gasteiger charge is 2.09. The first-order valence-corrected chi connectivity index (χ1v) is 6.14. The van der Waals surface area contributed by atoms with Crippen molar-refractivity contribution in [3.05, 3.63) is 57.2 Å². The van der Waals surface area contributed by atoms with Crippen molar-refractivity contribution in [2.24, 2.45) is 0 Å². The van der Waals surface area contributed by atoms with Crippen LogP contribution in [0, 0.1) is 10.1 Å². The van der Waals surface area contributed by atoms with Crippen LogP contribution in [0.2, 0.25) is 5.02 Å². The number of hydrogen-bond acceptors (Lipinski definition) is 5. The van der Waals surface area contributed by atoms with E-state index in [0.717, 1.165) is 11.3 Å². The molecule has 0 saturated heterocycles. The fourth-order valence-electron chi connectivity index (χ4n) is 1.60. The van der Waals surface area contributed by atoms with Crippen molar-refractivity contribution in [3.63, 3.8) is 0 Å². The summed E-state index contributed by atoms with van der Waals surface area (Å²) >= 11 is 6.01. The SMILES string of the molecule is COc1ccc(NCc2ccc([N+](=O)[O-])cc2Cl)cn1. The molecule has 1 aromatic carbocycles. The maximum Gasteiger partial charge on any atom is 0.270 e. The minimum atomic E-state index is -0.476. The van der Waals surface area contributed by atoms with E-state index in [1.54, 1.807) is 25.4 Å². The maximum atomic E-state index is 10.6. The number of non-ortho nitro benzene ring substituents is 1. The number of nitro groups is 1. The van der Waals surface area contributed by atoms with Crippen LogP contribution in [0.3, 0.4) is 0 Å². The molecule has 0 atom stereocenters. The number of nitro benzene ring substituents is 1. The molecular formula is C13H12ClN3O3. The van der Waals surface area contributed by atoms with Gasteiger partial charge in [0, 0.05) is 24.7 Å². The molecule has 0 fully saturated rings. The number of benzene rings is 1. The second kappa shape index (κ2) is 6.21. The van der Waals surface area contributed by atoms with E-state index in [1.165, 1.54) is 12.1 Å². The molecule has 0 aliphatic carbocycles. The van der Waals surface area contributed by atoms with Crippen LogP contribution < -0.4 is 10.1 Å². The summed E-state index contributed by atoms with van der Waals surface area (Å²) in [5.74, 6) is 0.531. The zero-order valence-electron chi connectivity index (χ0n) is 10.7. The molecule has 0 aliphatic rings. The molecule has 0 aliphatic heterocycles. The van der Waals surface area contributed by atoms with Gasteiger partial charge in [-0.2, -0.15) is 0 Å². The van der Waals surface area contributed by atoms with Crippen LogP contribution in [0.15, 0.2) is 36.5 Å². The summed E-state index contributed by atoms with van der Waals surface area (Å²) in [6.07, 6.45) is 1.64. The van der Waals surface area contributed by atoms with Gasteiger partial charge in [0.2, 0.25) is 5.88 Å². The van der Waals surface area contributed by atoms with E-state index in [-0.39, 0.29) is 5.69 Å². The molecule has 20 heavy (non-hydrogen) atoms. The number of pyridine rings is 1. The molecule has 1 N–H and O–H groups in total. The second-order valence-electron chi connectivity index (χ2n) is 3.98. The molecule has 7 heteroatoms. The molecule has 0 amide bonds. The van der Waals surface area contributed by atoms with Gasteiger partial charge in [-0.15, -0.1) is 0 Å². The predicted octanol–water partition coefficient (Wildman–Crippen LogP) is 3.26. The highest BCUT2D eigenvalue weighted by molar-refractivity contribution is 6.31. The summed E-state index contributed by atoms with van der Waals surface area (Å²) in [4.78, 5) is 14.2. The van der Waals surface area contributed by atoms with Crippen molar-refractivity contribution in [1.29, 1.82) is 0 Å². The third kappa shape index (κ3) is 3.36. The Morgan fingerprint density at radius 2 is 2.20 bits per heavy atom. The van der Waals surface area contributed by atoms with Crippen molar-refractivity contribution < 1.29 is 9.66 Å². The van der Waals surface area contributed by atoms with E-state index in [1.807, 2.05) is 6.07 Å². The van der Waals surface area contributed by atoms with Gasteiger partial charge in [-0.25, -0.2) is 4.98 Å². The third-order valence-electron chi connectivity index (χ3n) is 2.68. The molecule has 2 aromatic rings. The minimum absolute atomic E-state index is 0.0233. The monoisotopic (exact) mass is 293 g/mol. The van der Waals surface area contributed by atoms with Crippen molar-refractivity contribution in [1.82, 2.24) is 4.98 Å². The molecular weight excluding hydrogens is 282 g/mol. The summed E-state index contributed by atoms with van der Waals surface area (Å²) in [5.41, 5.74) is 1.55. The maximum absolute atomic E-state index is 10.6. The van der Waals surface area contributed by atoms with Gasteiger partial charge >= 0.3 is 0 Å². The Morgan fingerprint density at radius 3 is 2.75 bits per heavy atom. The van der Waals surface area contributed by atoms with E-state index in [0.29, 0.717) is 17.4 Å². The smallest absolute Gasteiger partial charge is 0.270 e. The third-order valence-corrected chi connectivity index (χ3v) is 3.03. The number of halogens is 1. The lowest BCUT2D eigenvalue weighted by atomic mass is 10.2. The molecule has 2 rings (SSSR count). The Hall–Kier alpha value is -2.34. The number of hydrogen-bond donors (Lipinski definition) is 1. The number of aromatic nitrogens is 1. The molecule has 0 unspecified atom stereocenters. The van der Waals surface area contributed by atoms with Crippen LogP contribution in [-0.2, 0) is 6.54 Å². The van der Waals surface area contributed by atoms with Gasteiger partial charge in [-0.3, -0.25) is 10.1 Å². The van der Waals surface area contributed by atoms with Crippen molar-refractivity contribution in [2.45, 2.75) is 6.54 Å². The summed E-state index contributed by atoms with van der Waals surface area (Å²) in [5, 5.41) is 14.1. The predicted molar refractivity (Wildman–Crippen MR) is 76.2 cm³/mol. The first-order valence-electron chi connectivity index (χ1n) is 5.77. The average molecular weight is 294 g/mol. The highest BCUT2D eigenvalue weighted by Crippen LogP contribution is 2.23. The fraction of sp³-hybridized carbons (Fsp3) is 0.154. The number of anilines is 1. The summed E-state index contributed by atoms with van der Waals surface area (Å²) in [7, 11) is 1.55. The molecule has 1 aromatic heterocycles. The van der Waals surface area contributed by atoms with Gasteiger partial charge in [0.15, 0.2) is 0 Å². The molecule has 0 bridgehead atoms. The van der Waals surface area contributed by atoms with E-state index in [4.69, 9.17) is 16.3 Å². The zero-order valence-corrected chi connectivity index (χ0v) is 11.4. The molecule has 104 valence electrons. The van der Waals surface area contributed by atoms with Crippen molar-refractivity contribution >= 4 is 23.0 Å². The quantitative estimate of drug-likeness (QED) is 0.676. The number of rotatable bonds is 5. The lowest BCUT2D eigenvalue weighted by Gasteiger charge is -2.08. The van der Waals surface area contributed by atoms with E-state index >= 15 is 0 Å². The molecule has 1 heterocycles. The van der Waals surface area contributed by atoms with Crippen LogP contribution in [-0.4, -0.2) is 17.0 Å². The van der Waals surface area contributed by atoms with Gasteiger partial charge in [0.25, 0.3) is 5.69 Å². The Bertz CT molecular complexity index is 617. The van der Waals surface area contributed by atoms with Gasteiger partial charge < -0.3 is 10.1 Å². The van der Waals surface area contributed by atoms with Gasteiger partial charge in [0.05, 0.1) is 28.9 Å². The summed E-state index contributed by atoms with van der Waals surface area (Å²) in [6.45, 7) is 0.449. The Balaban J connectivity index is 2.04. The lowest BCUT2D eigenvalue weighted by molar-refractivity contribution is -0.384. The van der Waals surface area contributed by atoms with Crippen molar-refractivity contribution in [2.75, 3.05) is 12.4 Å². The topological polar surface area (TPSA) is 77.3 Å². The second-order valence-corrected chi connectivity index (χ2v) is 4.38. The summed E-state index contributed by atoms with van der Waals surface area (Å²) < 4.78 is 4.96. The highest BCUT2D eigenvalue weighted by atomic mass is 35.5. The number of ether oxygens (including phenoxy) is 1. The molecule has 0 spiro atoms. The normalized spacial score (nSPS) is 10.1. The lowest BCUT2D eigenvalue weighted by Crippen LogP contribution is -2.01. The van der Waals surface area contributed by atoms with Crippen LogP contribution in [0.25, 0.3) is 0 Å². The average Bonchev–Trinajstić information content (AvgIpc) is 2.46. The number of methoxy groups -OCH3 is 1. The standard InChI is InChI=1S/C13H12ClN3O3/c1-20-13-5-3-10(8-16-13)15-7-9-2-4-11(17(18)19)6-12(9)14/h2-6,8,15H,7H2,1H3. The Labute approximate surface area is 120 Å². The first-order chi connectivity index (χ1) is 9.60. The largest absolute Gasteiger partial charge is 0.481 e. The van der Waals surface area contributed by atoms with Gasteiger partial charge in [-0.05, 0) is 17.7 Å². The van der Waals surface area contributed by atoms with E-state index in [9.17, 15) is 10.1 Å². The summed E-state index contributed by atoms with van der Waals surface area (Å²) in [6, 6.07) is 7.95. The van der Waals surface area contributed by atoms with E-state index < -0.39 is 4.92 Å². The molecule has 0 radical (unpaired) electrons. The fourth-order valence-corrected chi connectivity index (χ4v) is 1.84. The zero-order chi connectivity index (χ0) is 14.5. The van der Waals surface area contributed by atoms with Crippen molar-refractivity contribution in [3.8, 4) is 5.88 Å².